The van der Waals surface area contributed by atoms with Crippen molar-refractivity contribution in [3.8, 4) is 11.5 Å². The Morgan fingerprint density at radius 2 is 1.86 bits per heavy atom. The molecule has 116 valence electrons. The Morgan fingerprint density at radius 1 is 1.14 bits per heavy atom. The normalized spacial score (nSPS) is 17.3. The SMILES string of the molecule is O=S(=O)(CC1COc2ccc(F)cc2O1)c1ccc(Br)cc1. The van der Waals surface area contributed by atoms with Crippen LogP contribution in [0.3, 0.4) is 0 Å². The molecule has 7 heteroatoms. The van der Waals surface area contributed by atoms with Crippen LogP contribution in [0.2, 0.25) is 0 Å². The van der Waals surface area contributed by atoms with E-state index in [0.29, 0.717) is 5.75 Å². The van der Waals surface area contributed by atoms with Crippen molar-refractivity contribution in [2.45, 2.75) is 11.0 Å². The molecular weight excluding hydrogens is 375 g/mol. The van der Waals surface area contributed by atoms with Crippen molar-refractivity contribution in [2.75, 3.05) is 12.4 Å². The van der Waals surface area contributed by atoms with Gasteiger partial charge in [-0.15, -0.1) is 0 Å². The zero-order chi connectivity index (χ0) is 15.7. The maximum atomic E-state index is 13.2. The summed E-state index contributed by atoms with van der Waals surface area (Å²) in [6, 6.07) is 10.3. The molecule has 0 saturated heterocycles. The van der Waals surface area contributed by atoms with Crippen LogP contribution >= 0.6 is 15.9 Å². The Labute approximate surface area is 135 Å². The predicted molar refractivity (Wildman–Crippen MR) is 82.5 cm³/mol. The highest BCUT2D eigenvalue weighted by Gasteiger charge is 2.27. The zero-order valence-corrected chi connectivity index (χ0v) is 13.7. The molecule has 0 fully saturated rings. The second-order valence-electron chi connectivity index (χ2n) is 4.88. The molecule has 0 spiro atoms. The summed E-state index contributed by atoms with van der Waals surface area (Å²) in [5, 5.41) is 0. The van der Waals surface area contributed by atoms with Gasteiger partial charge in [0.2, 0.25) is 0 Å². The van der Waals surface area contributed by atoms with Crippen molar-refractivity contribution >= 4 is 25.8 Å². The average molecular weight is 387 g/mol. The maximum Gasteiger partial charge on any atom is 0.182 e. The first kappa shape index (κ1) is 15.3. The first-order valence-corrected chi connectivity index (χ1v) is 8.96. The first-order valence-electron chi connectivity index (χ1n) is 6.51. The average Bonchev–Trinajstić information content (AvgIpc) is 2.47. The number of hydrogen-bond donors (Lipinski definition) is 0. The van der Waals surface area contributed by atoms with Gasteiger partial charge in [-0.3, -0.25) is 0 Å². The third-order valence-electron chi connectivity index (χ3n) is 3.20. The van der Waals surface area contributed by atoms with Gasteiger partial charge in [0, 0.05) is 10.5 Å². The summed E-state index contributed by atoms with van der Waals surface area (Å²) in [7, 11) is -3.51. The highest BCUT2D eigenvalue weighted by molar-refractivity contribution is 9.10. The quantitative estimate of drug-likeness (QED) is 0.812. The molecule has 1 heterocycles. The molecular formula is C15H12BrFO4S. The van der Waals surface area contributed by atoms with Crippen LogP contribution < -0.4 is 9.47 Å². The lowest BCUT2D eigenvalue weighted by molar-refractivity contribution is 0.105. The van der Waals surface area contributed by atoms with Crippen molar-refractivity contribution < 1.29 is 22.3 Å². The Bertz CT molecular complexity index is 790. The fourth-order valence-corrected chi connectivity index (χ4v) is 3.82. The Morgan fingerprint density at radius 3 is 2.59 bits per heavy atom. The summed E-state index contributed by atoms with van der Waals surface area (Å²) in [5.74, 6) is -0.0513. The molecule has 1 aliphatic rings. The Balaban J connectivity index is 1.78. The zero-order valence-electron chi connectivity index (χ0n) is 11.3. The van der Waals surface area contributed by atoms with Crippen molar-refractivity contribution in [1.29, 1.82) is 0 Å². The Hall–Kier alpha value is -1.60. The molecule has 2 aromatic carbocycles. The highest BCUT2D eigenvalue weighted by atomic mass is 79.9. The van der Waals surface area contributed by atoms with Gasteiger partial charge < -0.3 is 9.47 Å². The van der Waals surface area contributed by atoms with E-state index in [2.05, 4.69) is 15.9 Å². The van der Waals surface area contributed by atoms with E-state index in [-0.39, 0.29) is 23.0 Å². The molecule has 0 radical (unpaired) electrons. The number of benzene rings is 2. The third kappa shape index (κ3) is 3.25. The maximum absolute atomic E-state index is 13.2. The van der Waals surface area contributed by atoms with Gasteiger partial charge in [0.15, 0.2) is 21.3 Å². The van der Waals surface area contributed by atoms with Crippen molar-refractivity contribution in [1.82, 2.24) is 0 Å². The van der Waals surface area contributed by atoms with Crippen LogP contribution in [0.15, 0.2) is 51.8 Å². The van der Waals surface area contributed by atoms with Crippen LogP contribution in [-0.2, 0) is 9.84 Å². The molecule has 4 nitrogen and oxygen atoms in total. The van der Waals surface area contributed by atoms with Crippen LogP contribution in [0.5, 0.6) is 11.5 Å². The van der Waals surface area contributed by atoms with Crippen LogP contribution in [0, 0.1) is 5.82 Å². The molecule has 0 aliphatic carbocycles. The van der Waals surface area contributed by atoms with Crippen LogP contribution in [0.4, 0.5) is 4.39 Å². The lowest BCUT2D eigenvalue weighted by atomic mass is 10.2. The molecule has 3 rings (SSSR count). The fourth-order valence-electron chi connectivity index (χ4n) is 2.15. The molecule has 0 amide bonds. The summed E-state index contributed by atoms with van der Waals surface area (Å²) < 4.78 is 49.7. The predicted octanol–water partition coefficient (Wildman–Crippen LogP) is 3.20. The van der Waals surface area contributed by atoms with Gasteiger partial charge in [-0.05, 0) is 36.4 Å². The van der Waals surface area contributed by atoms with Gasteiger partial charge in [-0.25, -0.2) is 12.8 Å². The number of hydrogen-bond acceptors (Lipinski definition) is 4. The largest absolute Gasteiger partial charge is 0.486 e. The summed E-state index contributed by atoms with van der Waals surface area (Å²) in [4.78, 5) is 0.212. The van der Waals surface area contributed by atoms with Crippen molar-refractivity contribution in [2.24, 2.45) is 0 Å². The van der Waals surface area contributed by atoms with Gasteiger partial charge in [0.05, 0.1) is 10.6 Å². The van der Waals surface area contributed by atoms with Gasteiger partial charge >= 0.3 is 0 Å². The van der Waals surface area contributed by atoms with E-state index in [1.54, 1.807) is 12.1 Å². The second kappa shape index (κ2) is 5.89. The van der Waals surface area contributed by atoms with E-state index in [9.17, 15) is 12.8 Å². The van der Waals surface area contributed by atoms with Crippen LogP contribution in [0.1, 0.15) is 0 Å². The van der Waals surface area contributed by atoms with Crippen molar-refractivity contribution in [3.05, 3.63) is 52.8 Å². The summed E-state index contributed by atoms with van der Waals surface area (Å²) in [5.41, 5.74) is 0. The van der Waals surface area contributed by atoms with Gasteiger partial charge in [0.1, 0.15) is 18.5 Å². The highest BCUT2D eigenvalue weighted by Crippen LogP contribution is 2.32. The minimum Gasteiger partial charge on any atom is -0.486 e. The molecule has 2 aromatic rings. The Kier molecular flexibility index (Phi) is 4.10. The van der Waals surface area contributed by atoms with E-state index in [1.165, 1.54) is 30.3 Å². The first-order chi connectivity index (χ1) is 10.4. The van der Waals surface area contributed by atoms with E-state index >= 15 is 0 Å². The summed E-state index contributed by atoms with van der Waals surface area (Å²) in [6.07, 6.45) is -0.678. The summed E-state index contributed by atoms with van der Waals surface area (Å²) >= 11 is 3.26. The molecule has 1 aliphatic heterocycles. The van der Waals surface area contributed by atoms with Gasteiger partial charge in [-0.2, -0.15) is 0 Å². The minimum atomic E-state index is -3.51. The number of rotatable bonds is 3. The molecule has 0 N–H and O–H groups in total. The molecule has 0 bridgehead atoms. The topological polar surface area (TPSA) is 52.6 Å². The van der Waals surface area contributed by atoms with Crippen LogP contribution in [0.25, 0.3) is 0 Å². The standard InChI is InChI=1S/C15H12BrFO4S/c16-10-1-4-13(5-2-10)22(18,19)9-12-8-20-14-6-3-11(17)7-15(14)21-12/h1-7,12H,8-9H2. The number of sulfone groups is 1. The van der Waals surface area contributed by atoms with E-state index in [4.69, 9.17) is 9.47 Å². The van der Waals surface area contributed by atoms with Gasteiger partial charge in [-0.1, -0.05) is 15.9 Å². The lowest BCUT2D eigenvalue weighted by Crippen LogP contribution is -2.35. The smallest absolute Gasteiger partial charge is 0.182 e. The number of ether oxygens (including phenoxy) is 2. The lowest BCUT2D eigenvalue weighted by Gasteiger charge is -2.26. The van der Waals surface area contributed by atoms with Crippen LogP contribution in [-0.4, -0.2) is 26.9 Å². The number of halogens is 2. The van der Waals surface area contributed by atoms with Gasteiger partial charge in [0.25, 0.3) is 0 Å². The molecule has 0 aromatic heterocycles. The third-order valence-corrected chi connectivity index (χ3v) is 5.53. The second-order valence-corrected chi connectivity index (χ2v) is 7.83. The molecule has 1 unspecified atom stereocenters. The summed E-state index contributed by atoms with van der Waals surface area (Å²) in [6.45, 7) is 0.106. The fraction of sp³-hybridized carbons (Fsp3) is 0.200. The monoisotopic (exact) mass is 386 g/mol. The molecule has 0 saturated carbocycles. The number of fused-ring (bicyclic) bond motifs is 1. The molecule has 1 atom stereocenters. The van der Waals surface area contributed by atoms with Crippen molar-refractivity contribution in [3.63, 3.8) is 0 Å². The van der Waals surface area contributed by atoms with E-state index in [0.717, 1.165) is 4.47 Å². The van der Waals surface area contributed by atoms with E-state index in [1.807, 2.05) is 0 Å². The minimum absolute atomic E-state index is 0.106. The molecule has 22 heavy (non-hydrogen) atoms. The van der Waals surface area contributed by atoms with E-state index < -0.39 is 21.8 Å².